The highest BCUT2D eigenvalue weighted by Crippen LogP contribution is 2.29. The molecule has 148 valence electrons. The Morgan fingerprint density at radius 1 is 1.14 bits per heavy atom. The van der Waals surface area contributed by atoms with Crippen molar-refractivity contribution in [2.24, 2.45) is 7.05 Å². The first-order valence-corrected chi connectivity index (χ1v) is 10.2. The van der Waals surface area contributed by atoms with Crippen LogP contribution in [0, 0.1) is 6.92 Å². The van der Waals surface area contributed by atoms with Gasteiger partial charge in [-0.2, -0.15) is 0 Å². The highest BCUT2D eigenvalue weighted by Gasteiger charge is 2.28. The zero-order valence-electron chi connectivity index (χ0n) is 16.9. The molecular weight excluding hydrogens is 360 g/mol. The van der Waals surface area contributed by atoms with Gasteiger partial charge in [-0.1, -0.05) is 48.0 Å². The van der Waals surface area contributed by atoms with Crippen molar-refractivity contribution in [3.8, 4) is 11.3 Å². The Kier molecular flexibility index (Phi) is 4.70. The lowest BCUT2D eigenvalue weighted by Gasteiger charge is -2.34. The van der Waals surface area contributed by atoms with Gasteiger partial charge in [-0.05, 0) is 24.1 Å². The molecule has 29 heavy (non-hydrogen) atoms. The van der Waals surface area contributed by atoms with E-state index in [0.717, 1.165) is 36.8 Å². The molecule has 1 fully saturated rings. The number of nitrogens with one attached hydrogen (secondary N) is 1. The molecule has 5 rings (SSSR count). The third kappa shape index (κ3) is 3.48. The number of aromatic nitrogens is 3. The molecule has 0 spiro atoms. The number of benzene rings is 2. The zero-order chi connectivity index (χ0) is 19.8. The first kappa shape index (κ1) is 18.2. The number of hydrogen-bond acceptors (Lipinski definition) is 3. The molecule has 0 bridgehead atoms. The van der Waals surface area contributed by atoms with E-state index in [9.17, 15) is 0 Å². The van der Waals surface area contributed by atoms with Crippen LogP contribution in [-0.2, 0) is 18.3 Å². The molecule has 0 saturated carbocycles. The Morgan fingerprint density at radius 2 is 1.97 bits per heavy atom. The molecule has 2 aromatic carbocycles. The van der Waals surface area contributed by atoms with Gasteiger partial charge in [0.05, 0.1) is 31.1 Å². The summed E-state index contributed by atoms with van der Waals surface area (Å²) in [5.41, 5.74) is 6.09. The number of hydrogen-bond donors (Lipinski definition) is 1. The molecule has 1 N–H and O–H groups in total. The molecule has 1 aliphatic rings. The first-order valence-electron chi connectivity index (χ1n) is 10.2. The van der Waals surface area contributed by atoms with Crippen molar-refractivity contribution in [1.82, 2.24) is 19.4 Å². The van der Waals surface area contributed by atoms with Gasteiger partial charge in [-0.15, -0.1) is 0 Å². The lowest BCUT2D eigenvalue weighted by molar-refractivity contribution is -0.0154. The average molecular weight is 386 g/mol. The van der Waals surface area contributed by atoms with E-state index in [-0.39, 0.29) is 6.04 Å². The fourth-order valence-electron chi connectivity index (χ4n) is 4.24. The fourth-order valence-corrected chi connectivity index (χ4v) is 4.24. The van der Waals surface area contributed by atoms with Gasteiger partial charge in [0.1, 0.15) is 5.82 Å². The molecule has 1 aliphatic heterocycles. The molecule has 2 aromatic heterocycles. The molecule has 4 aromatic rings. The molecular formula is C24H26N4O. The number of aromatic amines is 1. The normalized spacial score (nSPS) is 17.8. The standard InChI is InChI=1S/C24H26N4O/c1-17-7-9-18(10-8-17)21-13-25-24(26-21)23-16-29-12-11-28(23)15-19-14-27(2)22-6-4-3-5-20(19)22/h3-10,13-14,23H,11-12,15-16H2,1-2H3,(H,25,26)/t23-/m0/s1. The number of aryl methyl sites for hydroxylation is 2. The highest BCUT2D eigenvalue weighted by atomic mass is 16.5. The van der Waals surface area contributed by atoms with Crippen molar-refractivity contribution >= 4 is 10.9 Å². The largest absolute Gasteiger partial charge is 0.378 e. The number of para-hydroxylation sites is 1. The summed E-state index contributed by atoms with van der Waals surface area (Å²) >= 11 is 0. The molecule has 0 aliphatic carbocycles. The summed E-state index contributed by atoms with van der Waals surface area (Å²) < 4.78 is 8.03. The van der Waals surface area contributed by atoms with Crippen molar-refractivity contribution in [3.05, 3.63) is 77.9 Å². The van der Waals surface area contributed by atoms with Crippen LogP contribution < -0.4 is 0 Å². The second kappa shape index (κ2) is 7.50. The van der Waals surface area contributed by atoms with E-state index in [1.807, 2.05) is 6.20 Å². The Labute approximate surface area is 170 Å². The van der Waals surface area contributed by atoms with Gasteiger partial charge in [0.25, 0.3) is 0 Å². The Balaban J connectivity index is 1.42. The SMILES string of the molecule is Cc1ccc(-c2cnc([C@@H]3COCCN3Cc3cn(C)c4ccccc34)[nH]2)cc1. The van der Waals surface area contributed by atoms with E-state index in [4.69, 9.17) is 9.72 Å². The maximum absolute atomic E-state index is 5.82. The second-order valence-corrected chi connectivity index (χ2v) is 7.89. The number of morpholine rings is 1. The molecule has 0 amide bonds. The summed E-state index contributed by atoms with van der Waals surface area (Å²) in [6.45, 7) is 5.30. The van der Waals surface area contributed by atoms with Crippen LogP contribution >= 0.6 is 0 Å². The minimum absolute atomic E-state index is 0.127. The lowest BCUT2D eigenvalue weighted by atomic mass is 10.1. The first-order chi connectivity index (χ1) is 14.2. The number of nitrogens with zero attached hydrogens (tertiary/aromatic N) is 3. The van der Waals surface area contributed by atoms with Crippen LogP contribution in [0.2, 0.25) is 0 Å². The maximum atomic E-state index is 5.82. The third-order valence-corrected chi connectivity index (χ3v) is 5.87. The van der Waals surface area contributed by atoms with Gasteiger partial charge in [0.15, 0.2) is 0 Å². The highest BCUT2D eigenvalue weighted by molar-refractivity contribution is 5.83. The van der Waals surface area contributed by atoms with Crippen molar-refractivity contribution in [2.45, 2.75) is 19.5 Å². The number of fused-ring (bicyclic) bond motifs is 1. The smallest absolute Gasteiger partial charge is 0.126 e. The summed E-state index contributed by atoms with van der Waals surface area (Å²) in [5, 5.41) is 1.32. The maximum Gasteiger partial charge on any atom is 0.126 e. The summed E-state index contributed by atoms with van der Waals surface area (Å²) in [7, 11) is 2.11. The summed E-state index contributed by atoms with van der Waals surface area (Å²) in [6, 6.07) is 17.3. The minimum Gasteiger partial charge on any atom is -0.378 e. The summed E-state index contributed by atoms with van der Waals surface area (Å²) in [4.78, 5) is 10.7. The van der Waals surface area contributed by atoms with Crippen LogP contribution in [0.5, 0.6) is 0 Å². The molecule has 5 heteroatoms. The van der Waals surface area contributed by atoms with Gasteiger partial charge >= 0.3 is 0 Å². The van der Waals surface area contributed by atoms with Crippen LogP contribution in [0.4, 0.5) is 0 Å². The number of H-pyrrole nitrogens is 1. The molecule has 1 saturated heterocycles. The van der Waals surface area contributed by atoms with E-state index >= 15 is 0 Å². The Morgan fingerprint density at radius 3 is 2.83 bits per heavy atom. The van der Waals surface area contributed by atoms with E-state index < -0.39 is 0 Å². The van der Waals surface area contributed by atoms with Gasteiger partial charge in [0, 0.05) is 37.2 Å². The van der Waals surface area contributed by atoms with Crippen LogP contribution in [0.1, 0.15) is 23.0 Å². The predicted molar refractivity (Wildman–Crippen MR) is 116 cm³/mol. The van der Waals surface area contributed by atoms with Crippen LogP contribution in [0.3, 0.4) is 0 Å². The Bertz CT molecular complexity index is 1130. The molecule has 0 unspecified atom stereocenters. The van der Waals surface area contributed by atoms with Crippen molar-refractivity contribution < 1.29 is 4.74 Å². The van der Waals surface area contributed by atoms with E-state index in [2.05, 4.69) is 83.2 Å². The second-order valence-electron chi connectivity index (χ2n) is 7.89. The van der Waals surface area contributed by atoms with Crippen LogP contribution in [-0.4, -0.2) is 39.2 Å². The van der Waals surface area contributed by atoms with Crippen molar-refractivity contribution in [1.29, 1.82) is 0 Å². The quantitative estimate of drug-likeness (QED) is 0.564. The minimum atomic E-state index is 0.127. The van der Waals surface area contributed by atoms with E-state index in [1.54, 1.807) is 0 Å². The summed E-state index contributed by atoms with van der Waals surface area (Å²) in [6.07, 6.45) is 4.18. The predicted octanol–water partition coefficient (Wildman–Crippen LogP) is 4.45. The Hall–Kier alpha value is -2.89. The van der Waals surface area contributed by atoms with Gasteiger partial charge in [0.2, 0.25) is 0 Å². The van der Waals surface area contributed by atoms with Crippen LogP contribution in [0.25, 0.3) is 22.2 Å². The third-order valence-electron chi connectivity index (χ3n) is 5.87. The topological polar surface area (TPSA) is 46.1 Å². The van der Waals surface area contributed by atoms with Gasteiger partial charge in [-0.3, -0.25) is 4.90 Å². The lowest BCUT2D eigenvalue weighted by Crippen LogP contribution is -2.39. The summed E-state index contributed by atoms with van der Waals surface area (Å²) in [5.74, 6) is 0.973. The molecule has 1 atom stereocenters. The van der Waals surface area contributed by atoms with Crippen LogP contribution in [0.15, 0.2) is 60.9 Å². The monoisotopic (exact) mass is 386 g/mol. The van der Waals surface area contributed by atoms with E-state index in [1.165, 1.54) is 22.0 Å². The van der Waals surface area contributed by atoms with Gasteiger partial charge < -0.3 is 14.3 Å². The fraction of sp³-hybridized carbons (Fsp3) is 0.292. The molecule has 0 radical (unpaired) electrons. The average Bonchev–Trinajstić information content (AvgIpc) is 3.35. The molecule has 3 heterocycles. The van der Waals surface area contributed by atoms with Gasteiger partial charge in [-0.25, -0.2) is 4.98 Å². The number of ether oxygens (including phenoxy) is 1. The molecule has 5 nitrogen and oxygen atoms in total. The van der Waals surface area contributed by atoms with Crippen molar-refractivity contribution in [3.63, 3.8) is 0 Å². The zero-order valence-corrected chi connectivity index (χ0v) is 16.9. The van der Waals surface area contributed by atoms with Crippen molar-refractivity contribution in [2.75, 3.05) is 19.8 Å². The number of rotatable bonds is 4. The number of imidazole rings is 1. The van der Waals surface area contributed by atoms with E-state index in [0.29, 0.717) is 6.61 Å².